The largest absolute Gasteiger partial charge is 0.481 e. The van der Waals surface area contributed by atoms with Crippen LogP contribution >= 0.6 is 24.8 Å². The maximum absolute atomic E-state index is 11.3. The van der Waals surface area contributed by atoms with Crippen molar-refractivity contribution in [3.8, 4) is 0 Å². The highest BCUT2D eigenvalue weighted by atomic mass is 35.5. The fourth-order valence-electron chi connectivity index (χ4n) is 2.22. The van der Waals surface area contributed by atoms with Gasteiger partial charge < -0.3 is 15.7 Å². The number of carboxylic acids is 1. The summed E-state index contributed by atoms with van der Waals surface area (Å²) >= 11 is 0. The monoisotopic (exact) mass is 370 g/mol. The summed E-state index contributed by atoms with van der Waals surface area (Å²) in [7, 11) is 0. The van der Waals surface area contributed by atoms with E-state index in [9.17, 15) is 9.90 Å². The minimum absolute atomic E-state index is 0. The predicted octanol–water partition coefficient (Wildman–Crippen LogP) is 3.11. The molecule has 0 unspecified atom stereocenters. The highest BCUT2D eigenvalue weighted by Crippen LogP contribution is 2.01. The number of nitrogens with one attached hydrogen (secondary N) is 2. The molecule has 0 aliphatic carbocycles. The van der Waals surface area contributed by atoms with Crippen molar-refractivity contribution in [3.05, 3.63) is 71.8 Å². The second-order valence-corrected chi connectivity index (χ2v) is 5.27. The van der Waals surface area contributed by atoms with Crippen molar-refractivity contribution in [1.82, 2.24) is 10.6 Å². The van der Waals surface area contributed by atoms with Gasteiger partial charge in [0.25, 0.3) is 0 Å². The van der Waals surface area contributed by atoms with Gasteiger partial charge in [-0.15, -0.1) is 24.8 Å². The molecule has 2 aromatic carbocycles. The minimum atomic E-state index is -0.777. The molecule has 0 saturated carbocycles. The molecule has 24 heavy (non-hydrogen) atoms. The lowest BCUT2D eigenvalue weighted by molar-refractivity contribution is -0.141. The van der Waals surface area contributed by atoms with E-state index in [4.69, 9.17) is 0 Å². The third-order valence-corrected chi connectivity index (χ3v) is 3.47. The molecular weight excluding hydrogens is 347 g/mol. The van der Waals surface area contributed by atoms with Crippen molar-refractivity contribution < 1.29 is 9.90 Å². The van der Waals surface area contributed by atoms with Crippen LogP contribution in [0.3, 0.4) is 0 Å². The van der Waals surface area contributed by atoms with E-state index in [1.807, 2.05) is 60.7 Å². The van der Waals surface area contributed by atoms with Crippen LogP contribution in [-0.4, -0.2) is 24.2 Å². The third kappa shape index (κ3) is 8.31. The predicted molar refractivity (Wildman–Crippen MR) is 102 cm³/mol. The van der Waals surface area contributed by atoms with Crippen molar-refractivity contribution in [1.29, 1.82) is 0 Å². The van der Waals surface area contributed by atoms with Crippen LogP contribution < -0.4 is 10.6 Å². The van der Waals surface area contributed by atoms with E-state index >= 15 is 0 Å². The van der Waals surface area contributed by atoms with Gasteiger partial charge in [-0.25, -0.2) is 0 Å². The fourth-order valence-corrected chi connectivity index (χ4v) is 2.22. The molecular formula is C18H24Cl2N2O2. The van der Waals surface area contributed by atoms with Gasteiger partial charge in [-0.3, -0.25) is 4.79 Å². The Kier molecular flexibility index (Phi) is 11.9. The van der Waals surface area contributed by atoms with Gasteiger partial charge in [-0.1, -0.05) is 60.7 Å². The molecule has 3 N–H and O–H groups in total. The van der Waals surface area contributed by atoms with Crippen LogP contribution in [0, 0.1) is 5.92 Å². The summed E-state index contributed by atoms with van der Waals surface area (Å²) in [6.07, 6.45) is 0. The van der Waals surface area contributed by atoms with Gasteiger partial charge in [0.1, 0.15) is 0 Å². The average Bonchev–Trinajstić information content (AvgIpc) is 2.55. The van der Waals surface area contributed by atoms with Crippen LogP contribution in [0.4, 0.5) is 0 Å². The summed E-state index contributed by atoms with van der Waals surface area (Å²) in [5.41, 5.74) is 2.31. The van der Waals surface area contributed by atoms with Gasteiger partial charge >= 0.3 is 5.97 Å². The van der Waals surface area contributed by atoms with Crippen molar-refractivity contribution >= 4 is 30.8 Å². The molecule has 0 heterocycles. The van der Waals surface area contributed by atoms with E-state index in [2.05, 4.69) is 10.6 Å². The Morgan fingerprint density at radius 1 is 0.792 bits per heavy atom. The first kappa shape index (κ1) is 22.4. The number of rotatable bonds is 9. The fraction of sp³-hybridized carbons (Fsp3) is 0.278. The number of benzene rings is 2. The molecule has 4 nitrogen and oxygen atoms in total. The Labute approximate surface area is 155 Å². The average molecular weight is 371 g/mol. The topological polar surface area (TPSA) is 61.4 Å². The minimum Gasteiger partial charge on any atom is -0.481 e. The lowest BCUT2D eigenvalue weighted by Gasteiger charge is -2.14. The summed E-state index contributed by atoms with van der Waals surface area (Å²) < 4.78 is 0. The number of hydrogen-bond donors (Lipinski definition) is 3. The van der Waals surface area contributed by atoms with Crippen LogP contribution in [-0.2, 0) is 17.9 Å². The summed E-state index contributed by atoms with van der Waals surface area (Å²) in [6.45, 7) is 2.27. The zero-order valence-electron chi connectivity index (χ0n) is 13.4. The van der Waals surface area contributed by atoms with Gasteiger partial charge in [-0.05, 0) is 11.1 Å². The molecule has 0 amide bonds. The zero-order valence-corrected chi connectivity index (χ0v) is 15.0. The van der Waals surface area contributed by atoms with E-state index in [1.54, 1.807) is 0 Å². The van der Waals surface area contributed by atoms with Crippen molar-refractivity contribution in [2.75, 3.05) is 13.1 Å². The van der Waals surface area contributed by atoms with E-state index < -0.39 is 11.9 Å². The van der Waals surface area contributed by atoms with Crippen LogP contribution in [0.25, 0.3) is 0 Å². The Bertz CT molecular complexity index is 522. The molecule has 0 fully saturated rings. The molecule has 0 bridgehead atoms. The van der Waals surface area contributed by atoms with E-state index in [-0.39, 0.29) is 24.8 Å². The third-order valence-electron chi connectivity index (χ3n) is 3.47. The normalized spacial score (nSPS) is 9.88. The highest BCUT2D eigenvalue weighted by molar-refractivity contribution is 5.85. The number of carboxylic acid groups (broad SMARTS) is 1. The quantitative estimate of drug-likeness (QED) is 0.634. The Hall–Kier alpha value is -1.59. The van der Waals surface area contributed by atoms with Crippen LogP contribution in [0.5, 0.6) is 0 Å². The summed E-state index contributed by atoms with van der Waals surface area (Å²) in [4.78, 5) is 11.3. The standard InChI is InChI=1S/C18H22N2O2.2ClH/c21-18(22)17(13-19-11-15-7-3-1-4-8-15)14-20-12-16-9-5-2-6-10-16;;/h1-10,17,19-20H,11-14H2,(H,21,22);2*1H. The van der Waals surface area contributed by atoms with E-state index in [0.29, 0.717) is 26.2 Å². The first-order chi connectivity index (χ1) is 10.8. The second kappa shape index (κ2) is 12.8. The molecule has 0 aliphatic heterocycles. The molecule has 0 aliphatic rings. The number of carbonyl (C=O) groups is 1. The van der Waals surface area contributed by atoms with Gasteiger partial charge in [0.15, 0.2) is 0 Å². The van der Waals surface area contributed by atoms with Crippen LogP contribution in [0.15, 0.2) is 60.7 Å². The molecule has 2 aromatic rings. The molecule has 0 spiro atoms. The lowest BCUT2D eigenvalue weighted by atomic mass is 10.1. The molecule has 0 radical (unpaired) electrons. The van der Waals surface area contributed by atoms with Gasteiger partial charge in [0.2, 0.25) is 0 Å². The Morgan fingerprint density at radius 2 is 1.17 bits per heavy atom. The molecule has 6 heteroatoms. The molecule has 132 valence electrons. The zero-order chi connectivity index (χ0) is 15.6. The highest BCUT2D eigenvalue weighted by Gasteiger charge is 2.16. The number of aliphatic carboxylic acids is 1. The second-order valence-electron chi connectivity index (χ2n) is 5.27. The first-order valence-corrected chi connectivity index (χ1v) is 7.48. The van der Waals surface area contributed by atoms with Gasteiger partial charge in [-0.2, -0.15) is 0 Å². The van der Waals surface area contributed by atoms with E-state index in [0.717, 1.165) is 11.1 Å². The number of halogens is 2. The maximum Gasteiger partial charge on any atom is 0.309 e. The SMILES string of the molecule is Cl.Cl.O=C(O)C(CNCc1ccccc1)CNCc1ccccc1. The van der Waals surface area contributed by atoms with Crippen molar-refractivity contribution in [2.45, 2.75) is 13.1 Å². The molecule has 0 atom stereocenters. The summed E-state index contributed by atoms with van der Waals surface area (Å²) in [5.74, 6) is -1.21. The van der Waals surface area contributed by atoms with Crippen LogP contribution in [0.1, 0.15) is 11.1 Å². The van der Waals surface area contributed by atoms with Crippen molar-refractivity contribution in [3.63, 3.8) is 0 Å². The summed E-state index contributed by atoms with van der Waals surface area (Å²) in [6, 6.07) is 20.0. The maximum atomic E-state index is 11.3. The number of hydrogen-bond acceptors (Lipinski definition) is 3. The van der Waals surface area contributed by atoms with Gasteiger partial charge in [0, 0.05) is 26.2 Å². The lowest BCUT2D eigenvalue weighted by Crippen LogP contribution is -2.36. The van der Waals surface area contributed by atoms with Crippen LogP contribution in [0.2, 0.25) is 0 Å². The molecule has 0 aromatic heterocycles. The Morgan fingerprint density at radius 3 is 1.50 bits per heavy atom. The molecule has 0 saturated heterocycles. The van der Waals surface area contributed by atoms with Gasteiger partial charge in [0.05, 0.1) is 5.92 Å². The van der Waals surface area contributed by atoms with E-state index in [1.165, 1.54) is 0 Å². The Balaban J connectivity index is 0.00000264. The van der Waals surface area contributed by atoms with Crippen molar-refractivity contribution in [2.24, 2.45) is 5.92 Å². The molecule has 2 rings (SSSR count). The smallest absolute Gasteiger partial charge is 0.309 e. The first-order valence-electron chi connectivity index (χ1n) is 7.48. The summed E-state index contributed by atoms with van der Waals surface area (Å²) in [5, 5.41) is 15.7.